The molecule has 94 valence electrons. The van der Waals surface area contributed by atoms with Crippen LogP contribution < -0.4 is 5.43 Å². The molecule has 1 fully saturated rings. The minimum Gasteiger partial charge on any atom is -0.464 e. The third-order valence-corrected chi connectivity index (χ3v) is 3.11. The summed E-state index contributed by atoms with van der Waals surface area (Å²) in [5, 5.41) is 0.556. The van der Waals surface area contributed by atoms with Gasteiger partial charge in [0, 0.05) is 0 Å². The molecule has 1 aromatic heterocycles. The van der Waals surface area contributed by atoms with E-state index in [2.05, 4.69) is 0 Å². The van der Waals surface area contributed by atoms with Crippen molar-refractivity contribution in [1.29, 1.82) is 0 Å². The van der Waals surface area contributed by atoms with Crippen molar-refractivity contribution >= 4 is 11.0 Å². The number of hydrogen-bond acceptors (Lipinski definition) is 4. The Morgan fingerprint density at radius 3 is 2.94 bits per heavy atom. The van der Waals surface area contributed by atoms with Crippen molar-refractivity contribution in [3.63, 3.8) is 0 Å². The number of benzene rings is 1. The van der Waals surface area contributed by atoms with Crippen LogP contribution in [-0.2, 0) is 9.47 Å². The molecule has 0 amide bonds. The predicted molar refractivity (Wildman–Crippen MR) is 66.3 cm³/mol. The van der Waals surface area contributed by atoms with Crippen molar-refractivity contribution in [1.82, 2.24) is 0 Å². The number of hydrogen-bond donors (Lipinski definition) is 0. The fourth-order valence-corrected chi connectivity index (χ4v) is 2.08. The van der Waals surface area contributed by atoms with Crippen LogP contribution in [0, 0.1) is 0 Å². The van der Waals surface area contributed by atoms with Crippen LogP contribution in [0.1, 0.15) is 25.2 Å². The Kier molecular flexibility index (Phi) is 2.89. The molecule has 3 rings (SSSR count). The van der Waals surface area contributed by atoms with Gasteiger partial charge in [0.2, 0.25) is 5.43 Å². The standard InChI is InChI=1S/C14H14O4/c1-9-6-7-16-14(18-9)11-8-17-12-5-3-2-4-10(12)13(11)15/h2-5,8-9,14H,6-7H2,1H3/t9-,14+/m1/s1. The molecule has 0 bridgehead atoms. The Hall–Kier alpha value is -1.65. The summed E-state index contributed by atoms with van der Waals surface area (Å²) in [6.07, 6.45) is 1.76. The van der Waals surface area contributed by atoms with Crippen LogP contribution in [-0.4, -0.2) is 12.7 Å². The van der Waals surface area contributed by atoms with Crippen LogP contribution in [0.5, 0.6) is 0 Å². The van der Waals surface area contributed by atoms with E-state index in [-0.39, 0.29) is 11.5 Å². The average Bonchev–Trinajstić information content (AvgIpc) is 2.39. The molecule has 4 heteroatoms. The minimum absolute atomic E-state index is 0.0871. The summed E-state index contributed by atoms with van der Waals surface area (Å²) < 4.78 is 16.6. The fourth-order valence-electron chi connectivity index (χ4n) is 2.08. The molecule has 0 radical (unpaired) electrons. The Bertz CT molecular complexity index is 616. The van der Waals surface area contributed by atoms with Gasteiger partial charge in [-0.1, -0.05) is 12.1 Å². The summed E-state index contributed by atoms with van der Waals surface area (Å²) in [7, 11) is 0. The smallest absolute Gasteiger partial charge is 0.200 e. The van der Waals surface area contributed by atoms with Gasteiger partial charge in [-0.3, -0.25) is 4.79 Å². The number of fused-ring (bicyclic) bond motifs is 1. The second-order valence-electron chi connectivity index (χ2n) is 4.45. The maximum atomic E-state index is 12.3. The van der Waals surface area contributed by atoms with Gasteiger partial charge in [-0.05, 0) is 25.5 Å². The normalized spacial score (nSPS) is 24.3. The quantitative estimate of drug-likeness (QED) is 0.776. The summed E-state index contributed by atoms with van der Waals surface area (Å²) in [5.41, 5.74) is 0.923. The lowest BCUT2D eigenvalue weighted by atomic mass is 10.1. The molecule has 2 aromatic rings. The van der Waals surface area contributed by atoms with Crippen LogP contribution in [0.2, 0.25) is 0 Å². The third-order valence-electron chi connectivity index (χ3n) is 3.11. The molecule has 0 spiro atoms. The zero-order valence-electron chi connectivity index (χ0n) is 10.1. The Morgan fingerprint density at radius 2 is 2.11 bits per heavy atom. The van der Waals surface area contributed by atoms with Gasteiger partial charge in [0.05, 0.1) is 23.7 Å². The zero-order chi connectivity index (χ0) is 12.5. The van der Waals surface area contributed by atoms with Gasteiger partial charge in [-0.2, -0.15) is 0 Å². The number of para-hydroxylation sites is 1. The third kappa shape index (κ3) is 1.94. The maximum Gasteiger partial charge on any atom is 0.200 e. The van der Waals surface area contributed by atoms with Crippen molar-refractivity contribution in [3.05, 3.63) is 46.3 Å². The molecule has 2 heterocycles. The van der Waals surface area contributed by atoms with Gasteiger partial charge in [-0.25, -0.2) is 0 Å². The summed E-state index contributed by atoms with van der Waals surface area (Å²) in [4.78, 5) is 12.3. The average molecular weight is 246 g/mol. The Balaban J connectivity index is 2.07. The zero-order valence-corrected chi connectivity index (χ0v) is 10.1. The van der Waals surface area contributed by atoms with Gasteiger partial charge in [0.15, 0.2) is 6.29 Å². The molecule has 0 aliphatic carbocycles. The Labute approximate surface area is 104 Å². The molecule has 0 N–H and O–H groups in total. The number of rotatable bonds is 1. The lowest BCUT2D eigenvalue weighted by Gasteiger charge is -2.27. The van der Waals surface area contributed by atoms with Crippen LogP contribution >= 0.6 is 0 Å². The van der Waals surface area contributed by atoms with Crippen LogP contribution in [0.15, 0.2) is 39.7 Å². The lowest BCUT2D eigenvalue weighted by molar-refractivity contribution is -0.213. The van der Waals surface area contributed by atoms with Crippen LogP contribution in [0.4, 0.5) is 0 Å². The van der Waals surface area contributed by atoms with Crippen molar-refractivity contribution in [2.75, 3.05) is 6.61 Å². The van der Waals surface area contributed by atoms with Gasteiger partial charge in [0.1, 0.15) is 11.8 Å². The molecule has 1 saturated heterocycles. The molecule has 1 aliphatic rings. The summed E-state index contributed by atoms with van der Waals surface area (Å²) in [5.74, 6) is 0. The van der Waals surface area contributed by atoms with E-state index in [1.54, 1.807) is 12.1 Å². The van der Waals surface area contributed by atoms with Gasteiger partial charge in [-0.15, -0.1) is 0 Å². The van der Waals surface area contributed by atoms with E-state index in [4.69, 9.17) is 13.9 Å². The largest absolute Gasteiger partial charge is 0.464 e. The first kappa shape index (κ1) is 11.4. The van der Waals surface area contributed by atoms with E-state index in [9.17, 15) is 4.79 Å². The van der Waals surface area contributed by atoms with E-state index in [1.807, 2.05) is 19.1 Å². The van der Waals surface area contributed by atoms with E-state index in [0.29, 0.717) is 23.1 Å². The molecular formula is C14H14O4. The van der Waals surface area contributed by atoms with Crippen molar-refractivity contribution < 1.29 is 13.9 Å². The summed E-state index contributed by atoms with van der Waals surface area (Å²) >= 11 is 0. The number of ether oxygens (including phenoxy) is 2. The predicted octanol–water partition coefficient (Wildman–Crippen LogP) is 2.62. The highest BCUT2D eigenvalue weighted by Gasteiger charge is 2.25. The molecular weight excluding hydrogens is 232 g/mol. The monoisotopic (exact) mass is 246 g/mol. The fraction of sp³-hybridized carbons (Fsp3) is 0.357. The highest BCUT2D eigenvalue weighted by atomic mass is 16.7. The minimum atomic E-state index is -0.616. The Morgan fingerprint density at radius 1 is 1.28 bits per heavy atom. The molecule has 1 aliphatic heterocycles. The van der Waals surface area contributed by atoms with E-state index < -0.39 is 6.29 Å². The second kappa shape index (κ2) is 4.55. The first-order valence-electron chi connectivity index (χ1n) is 6.03. The molecule has 2 atom stereocenters. The van der Waals surface area contributed by atoms with Crippen molar-refractivity contribution in [2.24, 2.45) is 0 Å². The highest BCUT2D eigenvalue weighted by molar-refractivity contribution is 5.76. The van der Waals surface area contributed by atoms with Gasteiger partial charge in [0.25, 0.3) is 0 Å². The van der Waals surface area contributed by atoms with Crippen molar-refractivity contribution in [3.8, 4) is 0 Å². The maximum absolute atomic E-state index is 12.3. The first-order chi connectivity index (χ1) is 8.75. The molecule has 18 heavy (non-hydrogen) atoms. The van der Waals surface area contributed by atoms with E-state index >= 15 is 0 Å². The topological polar surface area (TPSA) is 48.7 Å². The highest BCUT2D eigenvalue weighted by Crippen LogP contribution is 2.25. The van der Waals surface area contributed by atoms with E-state index in [1.165, 1.54) is 6.26 Å². The van der Waals surface area contributed by atoms with E-state index in [0.717, 1.165) is 6.42 Å². The molecule has 0 unspecified atom stereocenters. The molecule has 4 nitrogen and oxygen atoms in total. The van der Waals surface area contributed by atoms with Gasteiger partial charge < -0.3 is 13.9 Å². The van der Waals surface area contributed by atoms with Crippen LogP contribution in [0.25, 0.3) is 11.0 Å². The van der Waals surface area contributed by atoms with Crippen molar-refractivity contribution in [2.45, 2.75) is 25.7 Å². The lowest BCUT2D eigenvalue weighted by Crippen LogP contribution is -2.28. The van der Waals surface area contributed by atoms with Crippen LogP contribution in [0.3, 0.4) is 0 Å². The second-order valence-corrected chi connectivity index (χ2v) is 4.45. The summed E-state index contributed by atoms with van der Waals surface area (Å²) in [6.45, 7) is 2.57. The molecule has 1 aromatic carbocycles. The molecule has 0 saturated carbocycles. The SMILES string of the molecule is C[C@@H]1CCO[C@H](c2coc3ccccc3c2=O)O1. The van der Waals surface area contributed by atoms with Gasteiger partial charge >= 0.3 is 0 Å². The first-order valence-corrected chi connectivity index (χ1v) is 6.03. The summed E-state index contributed by atoms with van der Waals surface area (Å²) in [6, 6.07) is 7.16.